The molecule has 13 heteroatoms. The molecule has 2 N–H and O–H groups in total. The maximum absolute atomic E-state index is 13.0. The fourth-order valence-electron chi connectivity index (χ4n) is 8.26. The second kappa shape index (κ2) is 20.5. The predicted octanol–water partition coefficient (Wildman–Crippen LogP) is 10.8. The number of aromatic hydroxyl groups is 2. The molecule has 0 aromatic heterocycles. The molecule has 2 fully saturated rings. The quantitative estimate of drug-likeness (QED) is 0.107. The van der Waals surface area contributed by atoms with Gasteiger partial charge in [0.1, 0.15) is 41.3 Å². The van der Waals surface area contributed by atoms with Crippen LogP contribution in [0.15, 0.2) is 12.1 Å². The molecule has 356 valence electrons. The summed E-state index contributed by atoms with van der Waals surface area (Å²) in [5.74, 6) is 1.01. The summed E-state index contributed by atoms with van der Waals surface area (Å²) in [5, 5.41) is 26.0. The van der Waals surface area contributed by atoms with Gasteiger partial charge in [-0.15, -0.1) is 0 Å². The molecular formula is C50H82N2O8P2S. The number of carbonyl (C=O) groups excluding carboxylic acids is 2. The first-order valence-corrected chi connectivity index (χ1v) is 26.4. The normalized spacial score (nSPS) is 18.6. The predicted molar refractivity (Wildman–Crippen MR) is 265 cm³/mol. The smallest absolute Gasteiger partial charge is 0.306 e. The van der Waals surface area contributed by atoms with E-state index < -0.39 is 16.6 Å². The van der Waals surface area contributed by atoms with Crippen molar-refractivity contribution in [3.63, 3.8) is 0 Å². The Morgan fingerprint density at radius 2 is 0.921 bits per heavy atom. The molecule has 2 atom stereocenters. The second-order valence-electron chi connectivity index (χ2n) is 23.2. The zero-order chi connectivity index (χ0) is 47.7. The molecule has 0 radical (unpaired) electrons. The van der Waals surface area contributed by atoms with E-state index >= 15 is 0 Å². The Hall–Kier alpha value is -1.97. The van der Waals surface area contributed by atoms with E-state index in [2.05, 4.69) is 146 Å². The topological polar surface area (TPSA) is 118 Å². The molecule has 2 aromatic carbocycles. The molecular weight excluding hydrogens is 851 g/mol. The molecule has 10 nitrogen and oxygen atoms in total. The highest BCUT2D eigenvalue weighted by molar-refractivity contribution is 7.99. The summed E-state index contributed by atoms with van der Waals surface area (Å²) in [4.78, 5) is 25.9. The highest BCUT2D eigenvalue weighted by Gasteiger charge is 2.44. The van der Waals surface area contributed by atoms with Crippen molar-refractivity contribution in [3.8, 4) is 11.5 Å². The molecule has 0 aliphatic carbocycles. The van der Waals surface area contributed by atoms with E-state index in [0.717, 1.165) is 57.1 Å². The second-order valence-corrected chi connectivity index (χ2v) is 27.9. The van der Waals surface area contributed by atoms with E-state index in [4.69, 9.17) is 18.5 Å². The maximum Gasteiger partial charge on any atom is 0.306 e. The molecule has 0 saturated carbocycles. The van der Waals surface area contributed by atoms with Gasteiger partial charge >= 0.3 is 11.9 Å². The highest BCUT2D eigenvalue weighted by atomic mass is 32.2. The number of benzene rings is 2. The van der Waals surface area contributed by atoms with Crippen LogP contribution in [0.3, 0.4) is 0 Å². The van der Waals surface area contributed by atoms with Crippen molar-refractivity contribution >= 4 is 50.9 Å². The zero-order valence-electron chi connectivity index (χ0n) is 42.2. The number of ether oxygens (including phenoxy) is 2. The molecule has 2 unspecified atom stereocenters. The third-order valence-corrected chi connectivity index (χ3v) is 17.3. The van der Waals surface area contributed by atoms with Crippen LogP contribution in [0.5, 0.6) is 11.5 Å². The molecule has 0 bridgehead atoms. The van der Waals surface area contributed by atoms with Gasteiger partial charge in [0, 0.05) is 70.3 Å². The van der Waals surface area contributed by atoms with Crippen molar-refractivity contribution in [2.24, 2.45) is 0 Å². The molecule has 2 aliphatic rings. The van der Waals surface area contributed by atoms with Crippen molar-refractivity contribution in [2.75, 3.05) is 51.0 Å². The third-order valence-electron chi connectivity index (χ3n) is 11.4. The monoisotopic (exact) mass is 933 g/mol. The summed E-state index contributed by atoms with van der Waals surface area (Å²) < 4.78 is 29.1. The number of thioether (sulfide) groups is 1. The molecule has 2 aliphatic heterocycles. The Morgan fingerprint density at radius 1 is 0.587 bits per heavy atom. The van der Waals surface area contributed by atoms with Crippen LogP contribution in [0.4, 0.5) is 0 Å². The molecule has 4 rings (SSSR count). The summed E-state index contributed by atoms with van der Waals surface area (Å²) >= 11 is 1.56. The van der Waals surface area contributed by atoms with Gasteiger partial charge in [-0.3, -0.25) is 9.59 Å². The van der Waals surface area contributed by atoms with E-state index in [1.54, 1.807) is 11.8 Å². The number of nitrogens with zero attached hydrogens (tertiary/aromatic N) is 2. The van der Waals surface area contributed by atoms with Crippen LogP contribution in [0.25, 0.3) is 0 Å². The number of aryl methyl sites for hydroxylation is 2. The van der Waals surface area contributed by atoms with Gasteiger partial charge in [-0.05, 0) is 98.3 Å². The SMILES string of the molecule is CC(C)(C)c1cc(CCC(=O)OCCSCCOC(=O)CCc2cc(C(C)(C)C)c(P3OCCN3C(C)(C)C)c(C(C)(C)C)c2O)c(O)c(C(C)(C)C)c1P1OCCN1C(C)(C)C. The zero-order valence-corrected chi connectivity index (χ0v) is 44.8. The van der Waals surface area contributed by atoms with E-state index in [1.807, 2.05) is 0 Å². The standard InChI is InChI=1S/C50H82N2O8P2S/c1-45(2,3)35-31-33(41(55)39(47(7,8)9)43(35)61-51(23-25-59-61)49(13,14)15)19-21-37(53)57-27-29-63-30-28-58-38(54)22-20-34-32-36(46(4,5)6)44(40(42(34)56)48(10,11)12)62-52(24-26-60-62)50(16,17)18/h31-32,55-56H,19-30H2,1-18H3. The lowest BCUT2D eigenvalue weighted by atomic mass is 9.78. The Morgan fingerprint density at radius 3 is 1.21 bits per heavy atom. The number of carbonyl (C=O) groups is 2. The van der Waals surface area contributed by atoms with Gasteiger partial charge in [0.25, 0.3) is 0 Å². The van der Waals surface area contributed by atoms with E-state index in [1.165, 1.54) is 0 Å². The van der Waals surface area contributed by atoms with Gasteiger partial charge in [0.05, 0.1) is 13.2 Å². The van der Waals surface area contributed by atoms with Gasteiger partial charge in [-0.25, -0.2) is 9.34 Å². The molecule has 0 amide bonds. The van der Waals surface area contributed by atoms with Crippen LogP contribution in [-0.4, -0.2) is 93.6 Å². The first kappa shape index (κ1) is 53.6. The lowest BCUT2D eigenvalue weighted by Crippen LogP contribution is -2.40. The van der Waals surface area contributed by atoms with Crippen molar-refractivity contribution in [3.05, 3.63) is 45.5 Å². The highest BCUT2D eigenvalue weighted by Crippen LogP contribution is 2.56. The lowest BCUT2D eigenvalue weighted by molar-refractivity contribution is -0.143. The van der Waals surface area contributed by atoms with Crippen molar-refractivity contribution in [2.45, 2.75) is 183 Å². The summed E-state index contributed by atoms with van der Waals surface area (Å²) in [6, 6.07) is 4.18. The molecule has 63 heavy (non-hydrogen) atoms. The van der Waals surface area contributed by atoms with Crippen molar-refractivity contribution in [1.29, 1.82) is 0 Å². The largest absolute Gasteiger partial charge is 0.507 e. The Labute approximate surface area is 388 Å². The fourth-order valence-corrected chi connectivity index (χ4v) is 14.5. The minimum absolute atomic E-state index is 0.0950. The van der Waals surface area contributed by atoms with E-state index in [-0.39, 0.29) is 82.2 Å². The van der Waals surface area contributed by atoms with E-state index in [0.29, 0.717) is 37.6 Å². The number of esters is 2. The van der Waals surface area contributed by atoms with Crippen LogP contribution < -0.4 is 10.6 Å². The third kappa shape index (κ3) is 13.6. The summed E-state index contributed by atoms with van der Waals surface area (Å²) in [6.07, 6.45) is 1.03. The number of phenolic OH excluding ortho intramolecular Hbond substituents is 2. The Balaban J connectivity index is 1.32. The lowest BCUT2D eigenvalue weighted by Gasteiger charge is -2.40. The summed E-state index contributed by atoms with van der Waals surface area (Å²) in [5.41, 5.74) is 4.25. The first-order valence-electron chi connectivity index (χ1n) is 22.9. The van der Waals surface area contributed by atoms with Gasteiger partial charge in [0.15, 0.2) is 0 Å². The average molecular weight is 933 g/mol. The number of rotatable bonds is 14. The average Bonchev–Trinajstić information content (AvgIpc) is 3.82. The Kier molecular flexibility index (Phi) is 17.4. The minimum atomic E-state index is -1.12. The molecule has 0 spiro atoms. The van der Waals surface area contributed by atoms with Crippen LogP contribution in [0, 0.1) is 0 Å². The molecule has 2 saturated heterocycles. The summed E-state index contributed by atoms with van der Waals surface area (Å²) in [6.45, 7) is 42.7. The van der Waals surface area contributed by atoms with Crippen LogP contribution in [0.1, 0.15) is 171 Å². The van der Waals surface area contributed by atoms with Gasteiger partial charge in [-0.2, -0.15) is 11.8 Å². The van der Waals surface area contributed by atoms with Gasteiger partial charge in [0.2, 0.25) is 0 Å². The van der Waals surface area contributed by atoms with Crippen LogP contribution >= 0.6 is 28.4 Å². The molecule has 2 aromatic rings. The van der Waals surface area contributed by atoms with Crippen LogP contribution in [0.2, 0.25) is 0 Å². The number of hydrogen-bond acceptors (Lipinski definition) is 11. The number of phenols is 2. The van der Waals surface area contributed by atoms with Crippen molar-refractivity contribution < 1.29 is 38.3 Å². The van der Waals surface area contributed by atoms with Gasteiger partial charge < -0.3 is 28.7 Å². The molecule has 2 heterocycles. The summed E-state index contributed by atoms with van der Waals surface area (Å²) in [7, 11) is -2.24. The maximum atomic E-state index is 13.0. The first-order chi connectivity index (χ1) is 28.8. The Bertz CT molecular complexity index is 1790. The number of hydrogen-bond donors (Lipinski definition) is 2. The van der Waals surface area contributed by atoms with E-state index in [9.17, 15) is 19.8 Å². The fraction of sp³-hybridized carbons (Fsp3) is 0.720. The van der Waals surface area contributed by atoms with Crippen LogP contribution in [-0.2, 0) is 62.6 Å². The van der Waals surface area contributed by atoms with Crippen molar-refractivity contribution in [1.82, 2.24) is 9.34 Å². The minimum Gasteiger partial charge on any atom is -0.507 e. The van der Waals surface area contributed by atoms with Gasteiger partial charge in [-0.1, -0.05) is 95.2 Å².